The van der Waals surface area contributed by atoms with Crippen molar-refractivity contribution in [1.82, 2.24) is 15.1 Å². The van der Waals surface area contributed by atoms with Crippen molar-refractivity contribution in [2.24, 2.45) is 0 Å². The Balaban J connectivity index is 1.52. The number of methoxy groups -OCH3 is 1. The quantitative estimate of drug-likeness (QED) is 0.694. The van der Waals surface area contributed by atoms with Gasteiger partial charge in [0.05, 0.1) is 24.6 Å². The Morgan fingerprint density at radius 3 is 2.42 bits per heavy atom. The van der Waals surface area contributed by atoms with Crippen LogP contribution in [0.4, 0.5) is 0 Å². The second-order valence-corrected chi connectivity index (χ2v) is 5.70. The number of ether oxygens (including phenoxy) is 1. The average molecular weight is 349 g/mol. The summed E-state index contributed by atoms with van der Waals surface area (Å²) in [6, 6.07) is 16.2. The maximum atomic E-state index is 12.2. The molecule has 26 heavy (non-hydrogen) atoms. The molecule has 6 nitrogen and oxygen atoms in total. The number of hydrogen-bond donors (Lipinski definition) is 1. The predicted molar refractivity (Wildman–Crippen MR) is 97.4 cm³/mol. The number of aromatic nitrogens is 2. The smallest absolute Gasteiger partial charge is 0.337 e. The zero-order valence-electron chi connectivity index (χ0n) is 14.4. The van der Waals surface area contributed by atoms with Crippen LogP contribution in [0.1, 0.15) is 26.3 Å². The van der Waals surface area contributed by atoms with Gasteiger partial charge < -0.3 is 10.1 Å². The summed E-state index contributed by atoms with van der Waals surface area (Å²) < 4.78 is 6.45. The number of carbonyl (C=O) groups is 2. The summed E-state index contributed by atoms with van der Waals surface area (Å²) in [5.74, 6) is -0.607. The minimum absolute atomic E-state index is 0.183. The minimum Gasteiger partial charge on any atom is -0.465 e. The van der Waals surface area contributed by atoms with Crippen molar-refractivity contribution in [2.45, 2.75) is 6.42 Å². The van der Waals surface area contributed by atoms with E-state index in [2.05, 4.69) is 15.2 Å². The Bertz CT molecular complexity index is 886. The molecule has 0 saturated carbocycles. The van der Waals surface area contributed by atoms with Crippen molar-refractivity contribution < 1.29 is 14.3 Å². The standard InChI is InChI=1S/C20H19N3O3/c1-26-20(25)17-9-7-16(8-10-17)19(24)21-12-11-15-13-22-23(14-15)18-5-3-2-4-6-18/h2-10,13-14H,11-12H2,1H3,(H,21,24). The molecule has 1 aromatic heterocycles. The third-order valence-electron chi connectivity index (χ3n) is 3.92. The molecule has 0 aliphatic rings. The first-order valence-electron chi connectivity index (χ1n) is 8.23. The zero-order valence-corrected chi connectivity index (χ0v) is 14.4. The third kappa shape index (κ3) is 4.16. The third-order valence-corrected chi connectivity index (χ3v) is 3.92. The second kappa shape index (κ2) is 8.11. The number of esters is 1. The van der Waals surface area contributed by atoms with Gasteiger partial charge in [0.25, 0.3) is 5.91 Å². The number of carbonyl (C=O) groups excluding carboxylic acids is 2. The van der Waals surface area contributed by atoms with Gasteiger partial charge in [-0.1, -0.05) is 18.2 Å². The van der Waals surface area contributed by atoms with Gasteiger partial charge in [0, 0.05) is 18.3 Å². The van der Waals surface area contributed by atoms with Gasteiger partial charge >= 0.3 is 5.97 Å². The van der Waals surface area contributed by atoms with Crippen molar-refractivity contribution in [1.29, 1.82) is 0 Å². The Morgan fingerprint density at radius 2 is 1.73 bits per heavy atom. The number of nitrogens with zero attached hydrogens (tertiary/aromatic N) is 2. The topological polar surface area (TPSA) is 73.2 Å². The lowest BCUT2D eigenvalue weighted by Gasteiger charge is -2.05. The predicted octanol–water partition coefficient (Wildman–Crippen LogP) is 2.63. The van der Waals surface area contributed by atoms with Crippen molar-refractivity contribution in [3.63, 3.8) is 0 Å². The fourth-order valence-electron chi connectivity index (χ4n) is 2.51. The lowest BCUT2D eigenvalue weighted by Crippen LogP contribution is -2.25. The number of amides is 1. The van der Waals surface area contributed by atoms with Crippen LogP contribution >= 0.6 is 0 Å². The Morgan fingerprint density at radius 1 is 1.04 bits per heavy atom. The number of rotatable bonds is 6. The van der Waals surface area contributed by atoms with Crippen molar-refractivity contribution in [3.8, 4) is 5.69 Å². The number of para-hydroxylation sites is 1. The lowest BCUT2D eigenvalue weighted by molar-refractivity contribution is 0.0600. The van der Waals surface area contributed by atoms with Gasteiger partial charge in [-0.25, -0.2) is 9.48 Å². The van der Waals surface area contributed by atoms with E-state index in [1.54, 1.807) is 30.5 Å². The van der Waals surface area contributed by atoms with Crippen LogP contribution in [0.15, 0.2) is 67.0 Å². The highest BCUT2D eigenvalue weighted by Crippen LogP contribution is 2.08. The van der Waals surface area contributed by atoms with E-state index in [1.165, 1.54) is 7.11 Å². The molecule has 1 amide bonds. The van der Waals surface area contributed by atoms with Crippen molar-refractivity contribution in [2.75, 3.05) is 13.7 Å². The molecule has 3 aromatic rings. The molecule has 0 aliphatic heterocycles. The minimum atomic E-state index is -0.424. The monoisotopic (exact) mass is 349 g/mol. The van der Waals surface area contributed by atoms with Gasteiger partial charge in [0.15, 0.2) is 0 Å². The van der Waals surface area contributed by atoms with Crippen LogP contribution in [0.2, 0.25) is 0 Å². The van der Waals surface area contributed by atoms with E-state index in [0.29, 0.717) is 24.1 Å². The van der Waals surface area contributed by atoms with Crippen LogP contribution < -0.4 is 5.32 Å². The van der Waals surface area contributed by atoms with E-state index in [4.69, 9.17) is 0 Å². The Kier molecular flexibility index (Phi) is 5.43. The van der Waals surface area contributed by atoms with Gasteiger partial charge in [0.2, 0.25) is 0 Å². The summed E-state index contributed by atoms with van der Waals surface area (Å²) in [6.07, 6.45) is 4.43. The van der Waals surface area contributed by atoms with E-state index in [1.807, 2.05) is 41.2 Å². The summed E-state index contributed by atoms with van der Waals surface area (Å²) in [4.78, 5) is 23.6. The molecule has 132 valence electrons. The molecule has 0 fully saturated rings. The SMILES string of the molecule is COC(=O)c1ccc(C(=O)NCCc2cnn(-c3ccccc3)c2)cc1. The highest BCUT2D eigenvalue weighted by Gasteiger charge is 2.09. The van der Waals surface area contributed by atoms with Gasteiger partial charge in [-0.2, -0.15) is 5.10 Å². The molecular weight excluding hydrogens is 330 g/mol. The van der Waals surface area contributed by atoms with Crippen LogP contribution in [0.3, 0.4) is 0 Å². The summed E-state index contributed by atoms with van der Waals surface area (Å²) in [5, 5.41) is 7.20. The maximum absolute atomic E-state index is 12.2. The molecule has 2 aromatic carbocycles. The van der Waals surface area contributed by atoms with Crippen LogP contribution in [-0.2, 0) is 11.2 Å². The van der Waals surface area contributed by atoms with Gasteiger partial charge in [-0.3, -0.25) is 4.79 Å². The summed E-state index contributed by atoms with van der Waals surface area (Å²) in [7, 11) is 1.32. The van der Waals surface area contributed by atoms with Gasteiger partial charge in [-0.15, -0.1) is 0 Å². The second-order valence-electron chi connectivity index (χ2n) is 5.70. The van der Waals surface area contributed by atoms with Crippen molar-refractivity contribution >= 4 is 11.9 Å². The van der Waals surface area contributed by atoms with Gasteiger partial charge in [-0.05, 0) is 48.4 Å². The highest BCUT2D eigenvalue weighted by molar-refractivity contribution is 5.96. The largest absolute Gasteiger partial charge is 0.465 e. The number of nitrogens with one attached hydrogen (secondary N) is 1. The summed E-state index contributed by atoms with van der Waals surface area (Å²) in [6.45, 7) is 0.498. The molecule has 1 N–H and O–H groups in total. The van der Waals surface area contributed by atoms with E-state index < -0.39 is 5.97 Å². The average Bonchev–Trinajstić information content (AvgIpc) is 3.17. The normalized spacial score (nSPS) is 10.3. The molecule has 0 atom stereocenters. The van der Waals surface area contributed by atoms with Crippen LogP contribution in [0, 0.1) is 0 Å². The van der Waals surface area contributed by atoms with Crippen LogP contribution in [0.25, 0.3) is 5.69 Å². The highest BCUT2D eigenvalue weighted by atomic mass is 16.5. The van der Waals surface area contributed by atoms with Crippen LogP contribution in [0.5, 0.6) is 0 Å². The molecule has 0 radical (unpaired) electrons. The molecular formula is C20H19N3O3. The molecule has 1 heterocycles. The van der Waals surface area contributed by atoms with E-state index in [9.17, 15) is 9.59 Å². The Hall–Kier alpha value is -3.41. The van der Waals surface area contributed by atoms with E-state index in [-0.39, 0.29) is 5.91 Å². The summed E-state index contributed by atoms with van der Waals surface area (Å²) >= 11 is 0. The van der Waals surface area contributed by atoms with E-state index >= 15 is 0 Å². The van der Waals surface area contributed by atoms with Crippen LogP contribution in [-0.4, -0.2) is 35.3 Å². The molecule has 6 heteroatoms. The molecule has 0 spiro atoms. The molecule has 0 bridgehead atoms. The number of benzene rings is 2. The molecule has 0 unspecified atom stereocenters. The van der Waals surface area contributed by atoms with E-state index in [0.717, 1.165) is 11.3 Å². The first kappa shape index (κ1) is 17.4. The first-order chi connectivity index (χ1) is 12.7. The lowest BCUT2D eigenvalue weighted by atomic mass is 10.1. The number of hydrogen-bond acceptors (Lipinski definition) is 4. The molecule has 3 rings (SSSR count). The van der Waals surface area contributed by atoms with Crippen molar-refractivity contribution in [3.05, 3.63) is 83.7 Å². The fourth-order valence-corrected chi connectivity index (χ4v) is 2.51. The van der Waals surface area contributed by atoms with Gasteiger partial charge in [0.1, 0.15) is 0 Å². The molecule has 0 aliphatic carbocycles. The first-order valence-corrected chi connectivity index (χ1v) is 8.23. The Labute approximate surface area is 151 Å². The molecule has 0 saturated heterocycles. The summed E-state index contributed by atoms with van der Waals surface area (Å²) in [5.41, 5.74) is 2.94. The fraction of sp³-hybridized carbons (Fsp3) is 0.150. The zero-order chi connectivity index (χ0) is 18.4. The maximum Gasteiger partial charge on any atom is 0.337 e.